The van der Waals surface area contributed by atoms with Gasteiger partial charge in [0.2, 0.25) is 10.0 Å². The van der Waals surface area contributed by atoms with E-state index in [1.165, 1.54) is 6.07 Å². The molecule has 142 valence electrons. The SMILES string of the molecule is O=S(=O)(NCc1nnnn1C1CCCCC1)c1ccccc1C(F)(F)F. The smallest absolute Gasteiger partial charge is 0.225 e. The van der Waals surface area contributed by atoms with Gasteiger partial charge in [-0.3, -0.25) is 0 Å². The molecule has 0 atom stereocenters. The fourth-order valence-electron chi connectivity index (χ4n) is 3.11. The van der Waals surface area contributed by atoms with Crippen molar-refractivity contribution in [1.82, 2.24) is 24.9 Å². The third kappa shape index (κ3) is 4.04. The minimum Gasteiger partial charge on any atom is -0.225 e. The van der Waals surface area contributed by atoms with Crippen LogP contribution in [0.5, 0.6) is 0 Å². The summed E-state index contributed by atoms with van der Waals surface area (Å²) in [5, 5.41) is 11.3. The summed E-state index contributed by atoms with van der Waals surface area (Å²) in [7, 11) is -4.38. The predicted octanol–water partition coefficient (Wildman–Crippen LogP) is 2.68. The molecule has 1 fully saturated rings. The van der Waals surface area contributed by atoms with E-state index in [9.17, 15) is 21.6 Å². The number of sulfonamides is 1. The summed E-state index contributed by atoms with van der Waals surface area (Å²) in [6, 6.07) is 4.14. The van der Waals surface area contributed by atoms with Gasteiger partial charge in [-0.1, -0.05) is 31.4 Å². The Balaban J connectivity index is 1.79. The maximum atomic E-state index is 13.1. The van der Waals surface area contributed by atoms with Crippen molar-refractivity contribution in [2.24, 2.45) is 0 Å². The van der Waals surface area contributed by atoms with Crippen molar-refractivity contribution < 1.29 is 21.6 Å². The van der Waals surface area contributed by atoms with Crippen LogP contribution < -0.4 is 4.72 Å². The van der Waals surface area contributed by atoms with Crippen molar-refractivity contribution in [3.05, 3.63) is 35.7 Å². The van der Waals surface area contributed by atoms with Gasteiger partial charge in [0.25, 0.3) is 0 Å². The zero-order chi connectivity index (χ0) is 18.8. The van der Waals surface area contributed by atoms with Crippen LogP contribution in [0.2, 0.25) is 0 Å². The number of aromatic nitrogens is 4. The quantitative estimate of drug-likeness (QED) is 0.849. The number of tetrazole rings is 1. The zero-order valence-corrected chi connectivity index (χ0v) is 14.6. The Kier molecular flexibility index (Phi) is 5.28. The van der Waals surface area contributed by atoms with Gasteiger partial charge >= 0.3 is 6.18 Å². The first-order valence-corrected chi connectivity index (χ1v) is 9.70. The molecule has 1 saturated carbocycles. The standard InChI is InChI=1S/C15H18F3N5O2S/c16-15(17,18)12-8-4-5-9-13(12)26(24,25)19-10-14-20-21-22-23(14)11-6-2-1-3-7-11/h4-5,8-9,11,19H,1-3,6-7,10H2. The molecule has 0 bridgehead atoms. The highest BCUT2D eigenvalue weighted by molar-refractivity contribution is 7.89. The molecule has 26 heavy (non-hydrogen) atoms. The van der Waals surface area contributed by atoms with Crippen LogP contribution in [0.4, 0.5) is 13.2 Å². The Bertz CT molecular complexity index is 860. The van der Waals surface area contributed by atoms with E-state index < -0.39 is 26.7 Å². The molecule has 0 spiro atoms. The Morgan fingerprint density at radius 1 is 1.15 bits per heavy atom. The fourth-order valence-corrected chi connectivity index (χ4v) is 4.32. The van der Waals surface area contributed by atoms with E-state index in [-0.39, 0.29) is 18.4 Å². The summed E-state index contributed by atoms with van der Waals surface area (Å²) in [6.45, 7) is -0.280. The van der Waals surface area contributed by atoms with Crippen molar-refractivity contribution >= 4 is 10.0 Å². The van der Waals surface area contributed by atoms with Crippen molar-refractivity contribution in [3.63, 3.8) is 0 Å². The highest BCUT2D eigenvalue weighted by atomic mass is 32.2. The van der Waals surface area contributed by atoms with E-state index in [4.69, 9.17) is 0 Å². The Morgan fingerprint density at radius 2 is 1.85 bits per heavy atom. The Hall–Kier alpha value is -2.01. The monoisotopic (exact) mass is 389 g/mol. The summed E-state index contributed by atoms with van der Waals surface area (Å²) >= 11 is 0. The second-order valence-electron chi connectivity index (χ2n) is 6.15. The number of hydrogen-bond donors (Lipinski definition) is 1. The van der Waals surface area contributed by atoms with Gasteiger partial charge in [0.15, 0.2) is 5.82 Å². The lowest BCUT2D eigenvalue weighted by Crippen LogP contribution is -2.28. The highest BCUT2D eigenvalue weighted by Gasteiger charge is 2.37. The third-order valence-electron chi connectivity index (χ3n) is 4.38. The summed E-state index contributed by atoms with van der Waals surface area (Å²) < 4.78 is 67.7. The minimum absolute atomic E-state index is 0.0840. The van der Waals surface area contributed by atoms with Gasteiger partial charge in [0.05, 0.1) is 23.0 Å². The normalized spacial score (nSPS) is 16.7. The lowest BCUT2D eigenvalue weighted by Gasteiger charge is -2.22. The maximum Gasteiger partial charge on any atom is 0.417 e. The van der Waals surface area contributed by atoms with Crippen molar-refractivity contribution in [3.8, 4) is 0 Å². The Labute approximate surface area is 148 Å². The number of nitrogens with zero attached hydrogens (tertiary/aromatic N) is 4. The molecular formula is C15H18F3N5O2S. The zero-order valence-electron chi connectivity index (χ0n) is 13.8. The van der Waals surface area contributed by atoms with E-state index >= 15 is 0 Å². The molecule has 0 unspecified atom stereocenters. The van der Waals surface area contributed by atoms with Gasteiger partial charge in [0.1, 0.15) is 0 Å². The van der Waals surface area contributed by atoms with E-state index in [2.05, 4.69) is 20.2 Å². The third-order valence-corrected chi connectivity index (χ3v) is 5.84. The average molecular weight is 389 g/mol. The van der Waals surface area contributed by atoms with Crippen LogP contribution in [-0.2, 0) is 22.7 Å². The topological polar surface area (TPSA) is 89.8 Å². The maximum absolute atomic E-state index is 13.1. The number of rotatable bonds is 5. The van der Waals surface area contributed by atoms with Crippen molar-refractivity contribution in [2.75, 3.05) is 0 Å². The van der Waals surface area contributed by atoms with Crippen LogP contribution in [0.3, 0.4) is 0 Å². The number of halogens is 3. The molecule has 1 aliphatic rings. The highest BCUT2D eigenvalue weighted by Crippen LogP contribution is 2.34. The van der Waals surface area contributed by atoms with Crippen LogP contribution in [0.25, 0.3) is 0 Å². The van der Waals surface area contributed by atoms with Crippen molar-refractivity contribution in [1.29, 1.82) is 0 Å². The molecule has 11 heteroatoms. The van der Waals surface area contributed by atoms with Crippen LogP contribution in [0.15, 0.2) is 29.2 Å². The minimum atomic E-state index is -4.77. The van der Waals surface area contributed by atoms with Gasteiger partial charge in [-0.05, 0) is 35.4 Å². The van der Waals surface area contributed by atoms with E-state index in [1.807, 2.05) is 0 Å². The second-order valence-corrected chi connectivity index (χ2v) is 7.89. The van der Waals surface area contributed by atoms with Crippen LogP contribution in [0.1, 0.15) is 49.5 Å². The van der Waals surface area contributed by atoms with Gasteiger partial charge in [-0.25, -0.2) is 17.8 Å². The molecule has 1 N–H and O–H groups in total. The Morgan fingerprint density at radius 3 is 2.54 bits per heavy atom. The van der Waals surface area contributed by atoms with Gasteiger partial charge < -0.3 is 0 Å². The molecular weight excluding hydrogens is 371 g/mol. The summed E-state index contributed by atoms with van der Waals surface area (Å²) in [5.74, 6) is 0.282. The van der Waals surface area contributed by atoms with E-state index in [0.29, 0.717) is 0 Å². The van der Waals surface area contributed by atoms with Gasteiger partial charge in [0, 0.05) is 0 Å². The molecule has 1 aliphatic carbocycles. The molecule has 0 saturated heterocycles. The number of hydrogen-bond acceptors (Lipinski definition) is 5. The van der Waals surface area contributed by atoms with Crippen molar-refractivity contribution in [2.45, 2.75) is 55.8 Å². The number of alkyl halides is 3. The largest absolute Gasteiger partial charge is 0.417 e. The van der Waals surface area contributed by atoms with Crippen LogP contribution in [0, 0.1) is 0 Å². The first kappa shape index (κ1) is 18.8. The first-order chi connectivity index (χ1) is 12.3. The van der Waals surface area contributed by atoms with E-state index in [0.717, 1.165) is 50.3 Å². The van der Waals surface area contributed by atoms with Crippen LogP contribution in [-0.4, -0.2) is 28.6 Å². The molecule has 1 aromatic heterocycles. The summed E-state index contributed by atoms with van der Waals surface area (Å²) in [4.78, 5) is -0.816. The summed E-state index contributed by atoms with van der Waals surface area (Å²) in [6.07, 6.45) is 0.219. The fraction of sp³-hybridized carbons (Fsp3) is 0.533. The number of nitrogens with one attached hydrogen (secondary N) is 1. The number of benzene rings is 1. The molecule has 0 amide bonds. The lowest BCUT2D eigenvalue weighted by atomic mass is 9.96. The van der Waals surface area contributed by atoms with Gasteiger partial charge in [-0.15, -0.1) is 5.10 Å². The molecule has 0 aliphatic heterocycles. The summed E-state index contributed by atoms with van der Waals surface area (Å²) in [5.41, 5.74) is -1.21. The molecule has 1 heterocycles. The average Bonchev–Trinajstić information content (AvgIpc) is 3.09. The van der Waals surface area contributed by atoms with Crippen LogP contribution >= 0.6 is 0 Å². The molecule has 3 rings (SSSR count). The van der Waals surface area contributed by atoms with E-state index in [1.54, 1.807) is 4.68 Å². The second kappa shape index (κ2) is 7.31. The predicted molar refractivity (Wildman–Crippen MR) is 85.4 cm³/mol. The lowest BCUT2D eigenvalue weighted by molar-refractivity contribution is -0.139. The first-order valence-electron chi connectivity index (χ1n) is 8.21. The van der Waals surface area contributed by atoms with Gasteiger partial charge in [-0.2, -0.15) is 13.2 Å². The molecule has 2 aromatic rings. The molecule has 0 radical (unpaired) electrons. The molecule has 1 aromatic carbocycles. The molecule has 7 nitrogen and oxygen atoms in total.